The Balaban J connectivity index is 1.60. The number of benzene rings is 1. The van der Waals surface area contributed by atoms with Gasteiger partial charge in [-0.3, -0.25) is 9.00 Å². The first-order chi connectivity index (χ1) is 18.9. The van der Waals surface area contributed by atoms with Crippen molar-refractivity contribution in [3.63, 3.8) is 0 Å². The van der Waals surface area contributed by atoms with Crippen LogP contribution in [0.3, 0.4) is 0 Å². The predicted molar refractivity (Wildman–Crippen MR) is 154 cm³/mol. The van der Waals surface area contributed by atoms with E-state index in [-0.39, 0.29) is 12.1 Å². The van der Waals surface area contributed by atoms with Gasteiger partial charge in [0.25, 0.3) is 5.56 Å². The summed E-state index contributed by atoms with van der Waals surface area (Å²) in [6, 6.07) is 9.44. The third kappa shape index (κ3) is 5.63. The van der Waals surface area contributed by atoms with Crippen molar-refractivity contribution in [3.05, 3.63) is 76.2 Å². The van der Waals surface area contributed by atoms with Crippen LogP contribution < -0.4 is 10.9 Å². The number of allylic oxidation sites excluding steroid dienone is 1. The molecule has 1 unspecified atom stereocenters. The van der Waals surface area contributed by atoms with Gasteiger partial charge in [-0.15, -0.1) is 6.58 Å². The summed E-state index contributed by atoms with van der Waals surface area (Å²) in [5, 5.41) is 3.70. The van der Waals surface area contributed by atoms with Crippen LogP contribution in [0.5, 0.6) is 0 Å². The average Bonchev–Trinajstić information content (AvgIpc) is 3.17. The number of ether oxygens (including phenoxy) is 1. The Kier molecular flexibility index (Phi) is 7.87. The molecule has 1 N–H and O–H groups in total. The lowest BCUT2D eigenvalue weighted by atomic mass is 9.92. The second-order valence-corrected chi connectivity index (χ2v) is 10.6. The van der Waals surface area contributed by atoms with Gasteiger partial charge in [-0.05, 0) is 60.8 Å². The Morgan fingerprint density at radius 3 is 2.90 bits per heavy atom. The molecule has 3 aromatic heterocycles. The van der Waals surface area contributed by atoms with Crippen LogP contribution in [0.4, 0.5) is 17.5 Å². The number of methoxy groups -OCH3 is 1. The molecule has 0 bridgehead atoms. The van der Waals surface area contributed by atoms with Gasteiger partial charge in [-0.2, -0.15) is 9.35 Å². The van der Waals surface area contributed by atoms with Crippen molar-refractivity contribution in [1.29, 1.82) is 0 Å². The van der Waals surface area contributed by atoms with E-state index in [1.807, 2.05) is 0 Å². The van der Waals surface area contributed by atoms with E-state index in [0.717, 1.165) is 31.6 Å². The number of rotatable bonds is 9. The summed E-state index contributed by atoms with van der Waals surface area (Å²) in [5.74, 6) is 1.09. The molecule has 0 amide bonds. The van der Waals surface area contributed by atoms with Crippen molar-refractivity contribution in [3.8, 4) is 5.82 Å². The normalized spacial score (nSPS) is 14.4. The van der Waals surface area contributed by atoms with Crippen LogP contribution in [-0.2, 0) is 41.3 Å². The summed E-state index contributed by atoms with van der Waals surface area (Å²) in [5.41, 5.74) is 4.91. The van der Waals surface area contributed by atoms with Gasteiger partial charge in [0.15, 0.2) is 17.3 Å². The maximum absolute atomic E-state index is 13.3. The topological polar surface area (TPSA) is 120 Å². The monoisotopic (exact) mass is 548 g/mol. The minimum Gasteiger partial charge on any atom is -0.384 e. The summed E-state index contributed by atoms with van der Waals surface area (Å²) in [6.45, 7) is 6.56. The van der Waals surface area contributed by atoms with Gasteiger partial charge in [-0.25, -0.2) is 19.3 Å². The smallest absolute Gasteiger partial charge is 0.278 e. The molecule has 4 aromatic rings. The van der Waals surface area contributed by atoms with Crippen LogP contribution in [-0.4, -0.2) is 67.0 Å². The fraction of sp³-hybridized carbons (Fsp3) is 0.333. The highest BCUT2D eigenvalue weighted by Gasteiger charge is 2.20. The maximum Gasteiger partial charge on any atom is 0.278 e. The molecule has 1 aliphatic rings. The summed E-state index contributed by atoms with van der Waals surface area (Å²) in [6.07, 6.45) is 6.48. The van der Waals surface area contributed by atoms with Gasteiger partial charge in [0.2, 0.25) is 5.95 Å². The second-order valence-electron chi connectivity index (χ2n) is 9.47. The molecule has 0 radical (unpaired) electrons. The molecule has 4 heterocycles. The molecule has 12 heteroatoms. The first-order valence-corrected chi connectivity index (χ1v) is 14.3. The number of aromatic nitrogens is 5. The van der Waals surface area contributed by atoms with Gasteiger partial charge in [-0.1, -0.05) is 12.1 Å². The number of hydrogen-bond acceptors (Lipinski definition) is 9. The first kappa shape index (κ1) is 26.7. The van der Waals surface area contributed by atoms with E-state index in [4.69, 9.17) is 9.72 Å². The van der Waals surface area contributed by atoms with E-state index < -0.39 is 10.6 Å². The second kappa shape index (κ2) is 11.5. The van der Waals surface area contributed by atoms with Crippen LogP contribution in [0.15, 0.2) is 58.3 Å². The predicted octanol–water partition coefficient (Wildman–Crippen LogP) is 3.01. The summed E-state index contributed by atoms with van der Waals surface area (Å²) in [7, 11) is 2.06. The van der Waals surface area contributed by atoms with Gasteiger partial charge in [0.1, 0.15) is 5.39 Å². The van der Waals surface area contributed by atoms with E-state index >= 15 is 0 Å². The minimum atomic E-state index is -1.78. The fourth-order valence-electron chi connectivity index (χ4n) is 4.91. The van der Waals surface area contributed by atoms with E-state index in [2.05, 4.69) is 50.3 Å². The van der Waals surface area contributed by atoms with Crippen molar-refractivity contribution in [2.24, 2.45) is 4.36 Å². The fourth-order valence-corrected chi connectivity index (χ4v) is 5.31. The standard InChI is InChI=1S/C27H32N8O3S/c1-5-11-34-26(36)22-16-28-27(31-25(22)35(34)24-8-6-7-23(30-24)32-39(4)37)29-20-14-18(10-13-38-3)21-9-12-33(2)17-19(21)15-20/h5-8,14-16,39H,1,9-13,17H2,2-4H3,(H,28,29,31). The van der Waals surface area contributed by atoms with Crippen molar-refractivity contribution in [2.45, 2.75) is 25.9 Å². The van der Waals surface area contributed by atoms with E-state index in [9.17, 15) is 9.00 Å². The van der Waals surface area contributed by atoms with Crippen LogP contribution in [0, 0.1) is 0 Å². The van der Waals surface area contributed by atoms with Crippen LogP contribution >= 0.6 is 0 Å². The quantitative estimate of drug-likeness (QED) is 0.242. The van der Waals surface area contributed by atoms with Gasteiger partial charge in [0.05, 0.1) is 13.2 Å². The van der Waals surface area contributed by atoms with Gasteiger partial charge < -0.3 is 15.0 Å². The van der Waals surface area contributed by atoms with Gasteiger partial charge in [0, 0.05) is 48.9 Å². The van der Waals surface area contributed by atoms with Crippen LogP contribution in [0.2, 0.25) is 0 Å². The molecular weight excluding hydrogens is 516 g/mol. The molecule has 204 valence electrons. The van der Waals surface area contributed by atoms with E-state index in [1.165, 1.54) is 33.8 Å². The molecule has 0 saturated heterocycles. The Bertz CT molecular complexity index is 1690. The molecule has 1 aliphatic heterocycles. The molecule has 5 rings (SSSR count). The highest BCUT2D eigenvalue weighted by molar-refractivity contribution is 7.74. The summed E-state index contributed by atoms with van der Waals surface area (Å²) >= 11 is 0. The number of nitrogens with one attached hydrogen (secondary N) is 1. The third-order valence-corrected chi connectivity index (χ3v) is 7.09. The number of anilines is 2. The Morgan fingerprint density at radius 1 is 1.28 bits per heavy atom. The number of hydrogen-bond donors (Lipinski definition) is 2. The molecular formula is C27H32N8O3S. The Labute approximate surface area is 228 Å². The highest BCUT2D eigenvalue weighted by Crippen LogP contribution is 2.28. The lowest BCUT2D eigenvalue weighted by Gasteiger charge is -2.28. The molecule has 0 saturated carbocycles. The first-order valence-electron chi connectivity index (χ1n) is 12.7. The number of fused-ring (bicyclic) bond motifs is 2. The molecule has 0 fully saturated rings. The molecule has 11 nitrogen and oxygen atoms in total. The van der Waals surface area contributed by atoms with Crippen molar-refractivity contribution in [1.82, 2.24) is 29.2 Å². The summed E-state index contributed by atoms with van der Waals surface area (Å²) in [4.78, 5) is 29.3. The molecule has 1 aromatic carbocycles. The lowest BCUT2D eigenvalue weighted by Crippen LogP contribution is -2.27. The van der Waals surface area contributed by atoms with Crippen molar-refractivity contribution >= 4 is 39.1 Å². The third-order valence-electron chi connectivity index (χ3n) is 6.61. The number of likely N-dealkylation sites (N-methyl/N-ethyl adjacent to an activating group) is 1. The molecule has 0 spiro atoms. The van der Waals surface area contributed by atoms with Crippen LogP contribution in [0.1, 0.15) is 16.7 Å². The lowest BCUT2D eigenvalue weighted by molar-refractivity contribution is 0.202. The zero-order chi connectivity index (χ0) is 27.5. The maximum atomic E-state index is 13.3. The number of pyridine rings is 1. The SMILES string of the molecule is C=CCn1c(=O)c2cnc(Nc3cc(CCOC)c4c(c3)CN(C)CC4)nc2n1-c1cccc(/N=[SH](/C)=O)n1. The molecule has 0 aliphatic carbocycles. The molecule has 39 heavy (non-hydrogen) atoms. The number of thiol groups is 1. The largest absolute Gasteiger partial charge is 0.384 e. The highest BCUT2D eigenvalue weighted by atomic mass is 32.2. The average molecular weight is 549 g/mol. The Hall–Kier alpha value is -3.87. The zero-order valence-corrected chi connectivity index (χ0v) is 23.2. The minimum absolute atomic E-state index is 0.240. The zero-order valence-electron chi connectivity index (χ0n) is 22.3. The van der Waals surface area contributed by atoms with Crippen LogP contribution in [0.25, 0.3) is 16.9 Å². The van der Waals surface area contributed by atoms with E-state index in [1.54, 1.807) is 36.1 Å². The number of nitrogens with zero attached hydrogens (tertiary/aromatic N) is 7. The van der Waals surface area contributed by atoms with Gasteiger partial charge >= 0.3 is 0 Å². The summed E-state index contributed by atoms with van der Waals surface area (Å²) < 4.78 is 24.2. The molecule has 1 atom stereocenters. The Morgan fingerprint density at radius 2 is 2.13 bits per heavy atom. The van der Waals surface area contributed by atoms with Crippen molar-refractivity contribution in [2.75, 3.05) is 38.9 Å². The van der Waals surface area contributed by atoms with Crippen molar-refractivity contribution < 1.29 is 8.95 Å². The van der Waals surface area contributed by atoms with E-state index in [0.29, 0.717) is 35.2 Å².